The van der Waals surface area contributed by atoms with Gasteiger partial charge >= 0.3 is 0 Å². The first-order chi connectivity index (χ1) is 13.9. The molecule has 0 spiro atoms. The van der Waals surface area contributed by atoms with Crippen molar-refractivity contribution in [2.75, 3.05) is 20.6 Å². The van der Waals surface area contributed by atoms with Crippen LogP contribution in [0.2, 0.25) is 10.0 Å². The second kappa shape index (κ2) is 10.0. The zero-order chi connectivity index (χ0) is 20.9. The number of thioether (sulfide) groups is 1. The van der Waals surface area contributed by atoms with Gasteiger partial charge in [0, 0.05) is 28.8 Å². The van der Waals surface area contributed by atoms with Crippen LogP contribution in [0.25, 0.3) is 11.1 Å². The van der Waals surface area contributed by atoms with Crippen LogP contribution in [0.15, 0.2) is 72.8 Å². The van der Waals surface area contributed by atoms with Crippen LogP contribution in [0.5, 0.6) is 0 Å². The fourth-order valence-corrected chi connectivity index (χ4v) is 4.80. The maximum Gasteiger partial charge on any atom is 0.137 e. The van der Waals surface area contributed by atoms with Crippen molar-refractivity contribution in [3.8, 4) is 11.1 Å². The molecule has 0 amide bonds. The van der Waals surface area contributed by atoms with Crippen LogP contribution >= 0.6 is 35.0 Å². The lowest BCUT2D eigenvalue weighted by Crippen LogP contribution is -2.27. The van der Waals surface area contributed by atoms with Crippen LogP contribution in [-0.2, 0) is 10.7 Å². The average molecular weight is 446 g/mol. The lowest BCUT2D eigenvalue weighted by molar-refractivity contribution is 0.116. The number of halogens is 2. The molecule has 2 nitrogen and oxygen atoms in total. The highest BCUT2D eigenvalue weighted by Crippen LogP contribution is 2.41. The first-order valence-electron chi connectivity index (χ1n) is 9.48. The Morgan fingerprint density at radius 1 is 0.897 bits per heavy atom. The van der Waals surface area contributed by atoms with E-state index in [4.69, 9.17) is 23.2 Å². The zero-order valence-corrected chi connectivity index (χ0v) is 18.9. The summed E-state index contributed by atoms with van der Waals surface area (Å²) in [5, 5.41) is 12.8. The first kappa shape index (κ1) is 22.2. The Morgan fingerprint density at radius 2 is 1.55 bits per heavy atom. The molecule has 1 unspecified atom stereocenters. The number of aliphatic hydroxyl groups is 1. The molecule has 0 aliphatic heterocycles. The Labute approximate surface area is 187 Å². The maximum atomic E-state index is 11.6. The van der Waals surface area contributed by atoms with E-state index in [-0.39, 0.29) is 0 Å². The van der Waals surface area contributed by atoms with Gasteiger partial charge < -0.3 is 10.0 Å². The Bertz CT molecular complexity index is 931. The van der Waals surface area contributed by atoms with Gasteiger partial charge in [-0.15, -0.1) is 11.8 Å². The summed E-state index contributed by atoms with van der Waals surface area (Å²) in [6.45, 7) is 0.776. The predicted molar refractivity (Wildman–Crippen MR) is 127 cm³/mol. The van der Waals surface area contributed by atoms with Crippen molar-refractivity contribution < 1.29 is 5.11 Å². The van der Waals surface area contributed by atoms with E-state index in [0.717, 1.165) is 28.8 Å². The molecule has 0 bridgehead atoms. The minimum atomic E-state index is -1.01. The minimum absolute atomic E-state index is 0.598. The summed E-state index contributed by atoms with van der Waals surface area (Å²) in [5.41, 5.74) is 4.16. The van der Waals surface area contributed by atoms with Gasteiger partial charge in [0.05, 0.1) is 0 Å². The molecule has 0 heterocycles. The van der Waals surface area contributed by atoms with E-state index in [0.29, 0.717) is 22.2 Å². The number of hydrogen-bond donors (Lipinski definition) is 1. The summed E-state index contributed by atoms with van der Waals surface area (Å²) in [7, 11) is 4.03. The van der Waals surface area contributed by atoms with Gasteiger partial charge in [-0.3, -0.25) is 0 Å². The highest BCUT2D eigenvalue weighted by Gasteiger charge is 2.30. The third kappa shape index (κ3) is 6.00. The second-order valence-electron chi connectivity index (χ2n) is 7.31. The highest BCUT2D eigenvalue weighted by molar-refractivity contribution is 7.99. The van der Waals surface area contributed by atoms with Crippen molar-refractivity contribution in [3.05, 3.63) is 94.0 Å². The monoisotopic (exact) mass is 445 g/mol. The lowest BCUT2D eigenvalue weighted by atomic mass is 10.00. The number of benzene rings is 3. The molecule has 0 saturated carbocycles. The quantitative estimate of drug-likeness (QED) is 0.390. The molecule has 0 aromatic heterocycles. The topological polar surface area (TPSA) is 23.5 Å². The van der Waals surface area contributed by atoms with Crippen LogP contribution < -0.4 is 0 Å². The summed E-state index contributed by atoms with van der Waals surface area (Å²) < 4.78 is 0. The molecule has 3 aromatic rings. The van der Waals surface area contributed by atoms with Crippen molar-refractivity contribution in [2.24, 2.45) is 0 Å². The molecule has 3 rings (SSSR count). The molecule has 1 N–H and O–H groups in total. The molecule has 0 fully saturated rings. The molecular formula is C24H25Cl2NOS. The van der Waals surface area contributed by atoms with Crippen molar-refractivity contribution in [3.63, 3.8) is 0 Å². The Balaban J connectivity index is 1.83. The molecule has 1 atom stereocenters. The summed E-state index contributed by atoms with van der Waals surface area (Å²) in [6, 6.07) is 23.9. The second-order valence-corrected chi connectivity index (χ2v) is 9.40. The van der Waals surface area contributed by atoms with E-state index in [9.17, 15) is 5.11 Å². The third-order valence-corrected chi connectivity index (χ3v) is 6.78. The van der Waals surface area contributed by atoms with Crippen molar-refractivity contribution in [1.82, 2.24) is 4.90 Å². The molecule has 0 aliphatic rings. The molecule has 152 valence electrons. The van der Waals surface area contributed by atoms with Gasteiger partial charge in [-0.1, -0.05) is 83.9 Å². The van der Waals surface area contributed by atoms with E-state index >= 15 is 0 Å². The zero-order valence-electron chi connectivity index (χ0n) is 16.6. The molecule has 0 aliphatic carbocycles. The van der Waals surface area contributed by atoms with Gasteiger partial charge in [0.1, 0.15) is 4.93 Å². The SMILES string of the molecule is CN(C)CCC(O)(SCc1ccc(Cl)cc1Cl)c1ccc(-c2ccccc2)cc1. The Morgan fingerprint density at radius 3 is 2.17 bits per heavy atom. The molecule has 5 heteroatoms. The van der Waals surface area contributed by atoms with Gasteiger partial charge in [0.15, 0.2) is 0 Å². The Hall–Kier alpha value is -1.49. The van der Waals surface area contributed by atoms with Crippen LogP contribution in [-0.4, -0.2) is 30.6 Å². The number of rotatable bonds is 8. The van der Waals surface area contributed by atoms with Crippen LogP contribution in [0.3, 0.4) is 0 Å². The summed E-state index contributed by atoms with van der Waals surface area (Å²) >= 11 is 13.8. The predicted octanol–water partition coefficient (Wildman–Crippen LogP) is 6.69. The van der Waals surface area contributed by atoms with Crippen LogP contribution in [0.4, 0.5) is 0 Å². The van der Waals surface area contributed by atoms with Crippen molar-refractivity contribution in [1.29, 1.82) is 0 Å². The summed E-state index contributed by atoms with van der Waals surface area (Å²) in [6.07, 6.45) is 0.612. The lowest BCUT2D eigenvalue weighted by Gasteiger charge is -2.30. The summed E-state index contributed by atoms with van der Waals surface area (Å²) in [5.74, 6) is 0.598. The molecule has 0 radical (unpaired) electrons. The smallest absolute Gasteiger partial charge is 0.137 e. The van der Waals surface area contributed by atoms with Gasteiger partial charge in [-0.2, -0.15) is 0 Å². The van der Waals surface area contributed by atoms with E-state index in [1.54, 1.807) is 6.07 Å². The van der Waals surface area contributed by atoms with Crippen LogP contribution in [0.1, 0.15) is 17.5 Å². The van der Waals surface area contributed by atoms with Crippen molar-refractivity contribution >= 4 is 35.0 Å². The largest absolute Gasteiger partial charge is 0.375 e. The first-order valence-corrected chi connectivity index (χ1v) is 11.2. The van der Waals surface area contributed by atoms with E-state index in [1.165, 1.54) is 11.8 Å². The standard InChI is InChI=1S/C24H25Cl2NOS/c1-27(2)15-14-24(28,29-17-20-10-13-22(25)16-23(20)26)21-11-8-19(9-12-21)18-6-4-3-5-7-18/h3-13,16,28H,14-15,17H2,1-2H3. The van der Waals surface area contributed by atoms with E-state index in [2.05, 4.69) is 29.2 Å². The fraction of sp³-hybridized carbons (Fsp3) is 0.250. The van der Waals surface area contributed by atoms with Gasteiger partial charge in [-0.05, 0) is 48.5 Å². The van der Waals surface area contributed by atoms with Gasteiger partial charge in [-0.25, -0.2) is 0 Å². The maximum absolute atomic E-state index is 11.6. The Kier molecular flexibility index (Phi) is 7.66. The molecule has 3 aromatic carbocycles. The normalized spacial score (nSPS) is 13.4. The van der Waals surface area contributed by atoms with Gasteiger partial charge in [0.25, 0.3) is 0 Å². The highest BCUT2D eigenvalue weighted by atomic mass is 35.5. The van der Waals surface area contributed by atoms with Crippen LogP contribution in [0, 0.1) is 0 Å². The minimum Gasteiger partial charge on any atom is -0.375 e. The van der Waals surface area contributed by atoms with E-state index < -0.39 is 4.93 Å². The number of nitrogens with zero attached hydrogens (tertiary/aromatic N) is 1. The molecular weight excluding hydrogens is 421 g/mol. The molecule has 29 heavy (non-hydrogen) atoms. The fourth-order valence-electron chi connectivity index (χ4n) is 3.06. The summed E-state index contributed by atoms with van der Waals surface area (Å²) in [4.78, 5) is 1.07. The van der Waals surface area contributed by atoms with Crippen molar-refractivity contribution in [2.45, 2.75) is 17.1 Å². The van der Waals surface area contributed by atoms with E-state index in [1.807, 2.05) is 56.6 Å². The molecule has 0 saturated heterocycles. The average Bonchev–Trinajstić information content (AvgIpc) is 2.72. The third-order valence-electron chi connectivity index (χ3n) is 4.82. The number of hydrogen-bond acceptors (Lipinski definition) is 3. The van der Waals surface area contributed by atoms with Gasteiger partial charge in [0.2, 0.25) is 0 Å².